The Labute approximate surface area is 88.8 Å². The lowest BCUT2D eigenvalue weighted by molar-refractivity contribution is 0.191. The summed E-state index contributed by atoms with van der Waals surface area (Å²) in [6, 6.07) is 2.01. The third kappa shape index (κ3) is 2.96. The van der Waals surface area contributed by atoms with E-state index >= 15 is 0 Å². The average Bonchev–Trinajstić information content (AvgIpc) is 2.55. The molecule has 0 bridgehead atoms. The number of likely N-dealkylation sites (tertiary alicyclic amines) is 1. The van der Waals surface area contributed by atoms with Crippen molar-refractivity contribution in [2.24, 2.45) is 5.73 Å². The zero-order valence-corrected chi connectivity index (χ0v) is 10.00. The van der Waals surface area contributed by atoms with Gasteiger partial charge in [-0.2, -0.15) is 0 Å². The van der Waals surface area contributed by atoms with E-state index in [0.717, 1.165) is 24.9 Å². The molecule has 3 atom stereocenters. The van der Waals surface area contributed by atoms with Crippen molar-refractivity contribution in [2.75, 3.05) is 6.54 Å². The first-order chi connectivity index (χ1) is 6.69. The fourth-order valence-corrected chi connectivity index (χ4v) is 2.49. The first-order valence-corrected chi connectivity index (χ1v) is 6.20. The summed E-state index contributed by atoms with van der Waals surface area (Å²) in [5.41, 5.74) is 5.96. The predicted octanol–water partition coefficient (Wildman–Crippen LogP) is 2.38. The van der Waals surface area contributed by atoms with E-state index in [2.05, 4.69) is 25.7 Å². The highest BCUT2D eigenvalue weighted by molar-refractivity contribution is 4.84. The van der Waals surface area contributed by atoms with E-state index in [1.807, 2.05) is 0 Å². The molecule has 0 aromatic rings. The largest absolute Gasteiger partial charge is 0.328 e. The summed E-state index contributed by atoms with van der Waals surface area (Å²) < 4.78 is 0. The van der Waals surface area contributed by atoms with Gasteiger partial charge in [0, 0.05) is 24.7 Å². The van der Waals surface area contributed by atoms with E-state index in [-0.39, 0.29) is 0 Å². The monoisotopic (exact) mass is 198 g/mol. The topological polar surface area (TPSA) is 29.3 Å². The molecule has 3 unspecified atom stereocenters. The summed E-state index contributed by atoms with van der Waals surface area (Å²) in [5, 5.41) is 0. The quantitative estimate of drug-likeness (QED) is 0.735. The van der Waals surface area contributed by atoms with Crippen molar-refractivity contribution < 1.29 is 0 Å². The van der Waals surface area contributed by atoms with Gasteiger partial charge in [0.2, 0.25) is 0 Å². The maximum atomic E-state index is 5.96. The minimum atomic E-state index is 0.403. The molecule has 1 fully saturated rings. The average molecular weight is 198 g/mol. The Hall–Kier alpha value is -0.0800. The second kappa shape index (κ2) is 5.72. The summed E-state index contributed by atoms with van der Waals surface area (Å²) >= 11 is 0. The molecule has 2 nitrogen and oxygen atoms in total. The Morgan fingerprint density at radius 1 is 1.36 bits per heavy atom. The lowest BCUT2D eigenvalue weighted by Crippen LogP contribution is -2.37. The molecule has 0 spiro atoms. The summed E-state index contributed by atoms with van der Waals surface area (Å²) in [7, 11) is 0. The van der Waals surface area contributed by atoms with Gasteiger partial charge in [-0.05, 0) is 39.0 Å². The zero-order valence-electron chi connectivity index (χ0n) is 10.00. The first kappa shape index (κ1) is 12.0. The minimum Gasteiger partial charge on any atom is -0.328 e. The summed E-state index contributed by atoms with van der Waals surface area (Å²) in [6.45, 7) is 8.03. The van der Waals surface area contributed by atoms with Crippen molar-refractivity contribution in [2.45, 2.75) is 71.0 Å². The third-order valence-electron chi connectivity index (χ3n) is 3.71. The molecular formula is C12H26N2. The van der Waals surface area contributed by atoms with E-state index in [1.54, 1.807) is 0 Å². The highest BCUT2D eigenvalue weighted by atomic mass is 15.2. The minimum absolute atomic E-state index is 0.403. The van der Waals surface area contributed by atoms with Crippen LogP contribution in [0.1, 0.15) is 52.9 Å². The fraction of sp³-hybridized carbons (Fsp3) is 1.00. The molecule has 1 aliphatic rings. The molecule has 0 aromatic carbocycles. The van der Waals surface area contributed by atoms with Crippen LogP contribution in [-0.4, -0.2) is 29.6 Å². The Balaban J connectivity index is 2.33. The van der Waals surface area contributed by atoms with Crippen LogP contribution >= 0.6 is 0 Å². The Morgan fingerprint density at radius 2 is 2.07 bits per heavy atom. The van der Waals surface area contributed by atoms with E-state index < -0.39 is 0 Å². The zero-order chi connectivity index (χ0) is 10.6. The van der Waals surface area contributed by atoms with Crippen molar-refractivity contribution >= 4 is 0 Å². The lowest BCUT2D eigenvalue weighted by atomic mass is 10.1. The van der Waals surface area contributed by atoms with Crippen LogP contribution in [0.3, 0.4) is 0 Å². The molecule has 0 saturated carbocycles. The van der Waals surface area contributed by atoms with Crippen LogP contribution in [0, 0.1) is 0 Å². The van der Waals surface area contributed by atoms with Gasteiger partial charge in [0.1, 0.15) is 0 Å². The molecule has 1 aliphatic heterocycles. The molecule has 84 valence electrons. The lowest BCUT2D eigenvalue weighted by Gasteiger charge is -2.28. The number of nitrogens with zero attached hydrogens (tertiary/aromatic N) is 1. The van der Waals surface area contributed by atoms with Crippen molar-refractivity contribution in [1.29, 1.82) is 0 Å². The van der Waals surface area contributed by atoms with Gasteiger partial charge in [-0.25, -0.2) is 0 Å². The van der Waals surface area contributed by atoms with Gasteiger partial charge in [0.25, 0.3) is 0 Å². The third-order valence-corrected chi connectivity index (χ3v) is 3.71. The molecule has 14 heavy (non-hydrogen) atoms. The van der Waals surface area contributed by atoms with Gasteiger partial charge in [-0.1, -0.05) is 13.8 Å². The van der Waals surface area contributed by atoms with Gasteiger partial charge < -0.3 is 5.73 Å². The normalized spacial score (nSPS) is 30.9. The van der Waals surface area contributed by atoms with Crippen LogP contribution < -0.4 is 5.73 Å². The Morgan fingerprint density at radius 3 is 2.64 bits per heavy atom. The van der Waals surface area contributed by atoms with Gasteiger partial charge in [0.05, 0.1) is 0 Å². The SMILES string of the molecule is CCC(N)CCN1C(C)CCC1CC. The van der Waals surface area contributed by atoms with Gasteiger partial charge in [-0.15, -0.1) is 0 Å². The van der Waals surface area contributed by atoms with Crippen LogP contribution in [-0.2, 0) is 0 Å². The second-order valence-corrected chi connectivity index (χ2v) is 4.68. The molecular weight excluding hydrogens is 172 g/mol. The molecule has 1 rings (SSSR count). The van der Waals surface area contributed by atoms with Crippen molar-refractivity contribution in [3.8, 4) is 0 Å². The molecule has 0 amide bonds. The van der Waals surface area contributed by atoms with Crippen LogP contribution in [0.5, 0.6) is 0 Å². The molecule has 0 aromatic heterocycles. The number of nitrogens with two attached hydrogens (primary N) is 1. The molecule has 1 heterocycles. The molecule has 1 saturated heterocycles. The Kier molecular flexibility index (Phi) is 4.90. The van der Waals surface area contributed by atoms with E-state index in [9.17, 15) is 0 Å². The highest BCUT2D eigenvalue weighted by Crippen LogP contribution is 2.26. The fourth-order valence-electron chi connectivity index (χ4n) is 2.49. The summed E-state index contributed by atoms with van der Waals surface area (Å²) in [4.78, 5) is 2.66. The molecule has 2 heteroatoms. The standard InChI is InChI=1S/C12H26N2/c1-4-11(13)8-9-14-10(3)6-7-12(14)5-2/h10-12H,4-9,13H2,1-3H3. The summed E-state index contributed by atoms with van der Waals surface area (Å²) in [6.07, 6.45) is 6.33. The van der Waals surface area contributed by atoms with Crippen LogP contribution in [0.4, 0.5) is 0 Å². The highest BCUT2D eigenvalue weighted by Gasteiger charge is 2.28. The number of hydrogen-bond acceptors (Lipinski definition) is 2. The van der Waals surface area contributed by atoms with Crippen LogP contribution in [0.25, 0.3) is 0 Å². The van der Waals surface area contributed by atoms with E-state index in [4.69, 9.17) is 5.73 Å². The van der Waals surface area contributed by atoms with E-state index in [0.29, 0.717) is 6.04 Å². The second-order valence-electron chi connectivity index (χ2n) is 4.68. The van der Waals surface area contributed by atoms with Gasteiger partial charge in [0.15, 0.2) is 0 Å². The van der Waals surface area contributed by atoms with E-state index in [1.165, 1.54) is 25.8 Å². The van der Waals surface area contributed by atoms with Crippen molar-refractivity contribution in [3.05, 3.63) is 0 Å². The predicted molar refractivity (Wildman–Crippen MR) is 62.4 cm³/mol. The maximum Gasteiger partial charge on any atom is 0.00960 e. The van der Waals surface area contributed by atoms with Gasteiger partial charge >= 0.3 is 0 Å². The molecule has 0 aliphatic carbocycles. The van der Waals surface area contributed by atoms with Crippen LogP contribution in [0.15, 0.2) is 0 Å². The molecule has 0 radical (unpaired) electrons. The van der Waals surface area contributed by atoms with Crippen molar-refractivity contribution in [1.82, 2.24) is 4.90 Å². The molecule has 2 N–H and O–H groups in total. The van der Waals surface area contributed by atoms with Crippen molar-refractivity contribution in [3.63, 3.8) is 0 Å². The number of hydrogen-bond donors (Lipinski definition) is 1. The maximum absolute atomic E-state index is 5.96. The van der Waals surface area contributed by atoms with Gasteiger partial charge in [-0.3, -0.25) is 4.90 Å². The first-order valence-electron chi connectivity index (χ1n) is 6.20. The smallest absolute Gasteiger partial charge is 0.00960 e. The summed E-state index contributed by atoms with van der Waals surface area (Å²) in [5.74, 6) is 0. The Bertz CT molecular complexity index is 158. The van der Waals surface area contributed by atoms with Crippen LogP contribution in [0.2, 0.25) is 0 Å². The number of rotatable bonds is 5.